The summed E-state index contributed by atoms with van der Waals surface area (Å²) >= 11 is 7.03. The van der Waals surface area contributed by atoms with Crippen LogP contribution in [0.5, 0.6) is 11.5 Å². The summed E-state index contributed by atoms with van der Waals surface area (Å²) in [6.45, 7) is 0. The first kappa shape index (κ1) is 22.9. The van der Waals surface area contributed by atoms with Crippen LogP contribution in [0.1, 0.15) is 0 Å². The van der Waals surface area contributed by atoms with Gasteiger partial charge in [0.05, 0.1) is 31.8 Å². The van der Waals surface area contributed by atoms with Gasteiger partial charge in [-0.25, -0.2) is 9.97 Å². The topological polar surface area (TPSA) is 38.2 Å². The Morgan fingerprint density at radius 1 is 0.590 bits per heavy atom. The van der Waals surface area contributed by atoms with Crippen molar-refractivity contribution in [3.05, 3.63) is 114 Å². The summed E-state index contributed by atoms with van der Waals surface area (Å²) in [7, 11) is 0. The second-order valence-electron chi connectivity index (χ2n) is 9.25. The molecule has 7 heteroatoms. The largest absolute Gasteiger partial charge is 0.453 e. The Kier molecular flexibility index (Phi) is 5.30. The van der Waals surface area contributed by atoms with Crippen molar-refractivity contribution in [2.24, 2.45) is 0 Å². The second kappa shape index (κ2) is 9.02. The highest BCUT2D eigenvalue weighted by Gasteiger charge is 2.27. The fraction of sp³-hybridized carbons (Fsp3) is 0. The molecule has 0 saturated carbocycles. The number of nitrogens with zero attached hydrogens (tertiary/aromatic N) is 3. The lowest BCUT2D eigenvalue weighted by Crippen LogP contribution is -2.15. The van der Waals surface area contributed by atoms with Gasteiger partial charge in [0.1, 0.15) is 10.0 Å². The molecule has 8 rings (SSSR count). The standard InChI is InChI=1S/C32H18BrN3OS2/c33-21-12-16-26-28(18-21)37-27-17-20(32-35-24-6-2-4-8-30(24)39-32)11-15-25(27)36(26)22-13-9-19(10-14-22)31-34-23-5-1-3-7-29(23)38-31/h1-18H. The average Bonchev–Trinajstić information content (AvgIpc) is 3.60. The van der Waals surface area contributed by atoms with Gasteiger partial charge in [0.2, 0.25) is 0 Å². The van der Waals surface area contributed by atoms with Crippen molar-refractivity contribution in [3.63, 3.8) is 0 Å². The third-order valence-corrected chi connectivity index (χ3v) is 9.45. The van der Waals surface area contributed by atoms with Gasteiger partial charge in [0.15, 0.2) is 11.5 Å². The lowest BCUT2D eigenvalue weighted by atomic mass is 10.1. The van der Waals surface area contributed by atoms with Gasteiger partial charge in [-0.1, -0.05) is 40.2 Å². The molecule has 39 heavy (non-hydrogen) atoms. The molecule has 0 amide bonds. The summed E-state index contributed by atoms with van der Waals surface area (Å²) in [5.74, 6) is 1.60. The predicted molar refractivity (Wildman–Crippen MR) is 166 cm³/mol. The molecule has 1 aliphatic heterocycles. The summed E-state index contributed by atoms with van der Waals surface area (Å²) in [6, 6.07) is 37.6. The molecular formula is C32H18BrN3OS2. The van der Waals surface area contributed by atoms with Crippen LogP contribution in [0.15, 0.2) is 114 Å². The lowest BCUT2D eigenvalue weighted by Gasteiger charge is -2.33. The molecule has 7 aromatic rings. The van der Waals surface area contributed by atoms with E-state index in [2.05, 4.69) is 106 Å². The summed E-state index contributed by atoms with van der Waals surface area (Å²) in [6.07, 6.45) is 0. The van der Waals surface area contributed by atoms with Crippen molar-refractivity contribution in [1.29, 1.82) is 0 Å². The van der Waals surface area contributed by atoms with Crippen molar-refractivity contribution < 1.29 is 4.74 Å². The Bertz CT molecular complexity index is 1960. The van der Waals surface area contributed by atoms with E-state index >= 15 is 0 Å². The highest BCUT2D eigenvalue weighted by atomic mass is 79.9. The molecule has 0 radical (unpaired) electrons. The maximum Gasteiger partial charge on any atom is 0.152 e. The van der Waals surface area contributed by atoms with E-state index in [4.69, 9.17) is 14.7 Å². The molecule has 3 heterocycles. The van der Waals surface area contributed by atoms with Gasteiger partial charge in [0.25, 0.3) is 0 Å². The Balaban J connectivity index is 1.22. The van der Waals surface area contributed by atoms with Crippen LogP contribution in [-0.2, 0) is 0 Å². The first-order valence-corrected chi connectivity index (χ1v) is 14.9. The van der Waals surface area contributed by atoms with Crippen molar-refractivity contribution in [3.8, 4) is 32.6 Å². The molecule has 0 N–H and O–H groups in total. The molecule has 0 aliphatic carbocycles. The second-order valence-corrected chi connectivity index (χ2v) is 12.2. The van der Waals surface area contributed by atoms with Gasteiger partial charge in [-0.3, -0.25) is 0 Å². The Morgan fingerprint density at radius 3 is 1.82 bits per heavy atom. The van der Waals surface area contributed by atoms with Gasteiger partial charge in [-0.15, -0.1) is 22.7 Å². The number of ether oxygens (including phenoxy) is 1. The van der Waals surface area contributed by atoms with Gasteiger partial charge in [0, 0.05) is 21.3 Å². The number of benzene rings is 5. The van der Waals surface area contributed by atoms with E-state index in [0.717, 1.165) is 65.2 Å². The van der Waals surface area contributed by atoms with Crippen molar-refractivity contribution >= 4 is 76.1 Å². The van der Waals surface area contributed by atoms with Crippen LogP contribution in [0.4, 0.5) is 17.1 Å². The molecule has 2 aromatic heterocycles. The SMILES string of the molecule is Brc1ccc2c(c1)Oc1cc(-c3nc4ccccc4s3)ccc1N2c1ccc(-c2nc3ccccc3s2)cc1. The number of fused-ring (bicyclic) bond motifs is 4. The number of para-hydroxylation sites is 2. The molecule has 0 spiro atoms. The quantitative estimate of drug-likeness (QED) is 0.201. The van der Waals surface area contributed by atoms with Gasteiger partial charge < -0.3 is 9.64 Å². The predicted octanol–water partition coefficient (Wildman–Crippen LogP) is 10.6. The minimum absolute atomic E-state index is 0.799. The Labute approximate surface area is 240 Å². The molecule has 0 atom stereocenters. The summed E-state index contributed by atoms with van der Waals surface area (Å²) in [5.41, 5.74) is 7.23. The van der Waals surface area contributed by atoms with Crippen molar-refractivity contribution in [1.82, 2.24) is 9.97 Å². The van der Waals surface area contributed by atoms with E-state index in [9.17, 15) is 0 Å². The van der Waals surface area contributed by atoms with Crippen LogP contribution in [0.2, 0.25) is 0 Å². The lowest BCUT2D eigenvalue weighted by molar-refractivity contribution is 0.477. The summed E-state index contributed by atoms with van der Waals surface area (Å²) < 4.78 is 9.81. The van der Waals surface area contributed by atoms with E-state index < -0.39 is 0 Å². The maximum absolute atomic E-state index is 6.47. The molecule has 0 unspecified atom stereocenters. The maximum atomic E-state index is 6.47. The molecule has 0 bridgehead atoms. The number of rotatable bonds is 3. The Hall–Kier alpha value is -4.04. The minimum atomic E-state index is 0.799. The normalized spacial score (nSPS) is 12.4. The van der Waals surface area contributed by atoms with Gasteiger partial charge >= 0.3 is 0 Å². The molecule has 186 valence electrons. The number of thiazole rings is 2. The molecule has 0 fully saturated rings. The summed E-state index contributed by atoms with van der Waals surface area (Å²) in [4.78, 5) is 11.9. The first-order valence-electron chi connectivity index (χ1n) is 12.4. The molecular weight excluding hydrogens is 586 g/mol. The van der Waals surface area contributed by atoms with Crippen LogP contribution in [0.3, 0.4) is 0 Å². The van der Waals surface area contributed by atoms with Crippen LogP contribution < -0.4 is 9.64 Å². The number of halogens is 1. The third-order valence-electron chi connectivity index (χ3n) is 6.79. The first-order chi connectivity index (χ1) is 19.2. The zero-order valence-electron chi connectivity index (χ0n) is 20.3. The van der Waals surface area contributed by atoms with E-state index in [1.165, 1.54) is 9.40 Å². The van der Waals surface area contributed by atoms with E-state index in [1.54, 1.807) is 22.7 Å². The Morgan fingerprint density at radius 2 is 1.15 bits per heavy atom. The highest BCUT2D eigenvalue weighted by molar-refractivity contribution is 9.10. The third kappa shape index (κ3) is 3.93. The van der Waals surface area contributed by atoms with Crippen molar-refractivity contribution in [2.45, 2.75) is 0 Å². The van der Waals surface area contributed by atoms with Crippen molar-refractivity contribution in [2.75, 3.05) is 4.90 Å². The zero-order chi connectivity index (χ0) is 25.9. The van der Waals surface area contributed by atoms with Crippen LogP contribution in [-0.4, -0.2) is 9.97 Å². The fourth-order valence-corrected chi connectivity index (χ4v) is 7.21. The molecule has 1 aliphatic rings. The van der Waals surface area contributed by atoms with Gasteiger partial charge in [-0.05, 0) is 84.9 Å². The molecule has 0 saturated heterocycles. The molecule has 5 aromatic carbocycles. The fourth-order valence-electron chi connectivity index (χ4n) is 4.94. The summed E-state index contributed by atoms with van der Waals surface area (Å²) in [5, 5.41) is 2.00. The average molecular weight is 605 g/mol. The smallest absolute Gasteiger partial charge is 0.152 e. The highest BCUT2D eigenvalue weighted by Crippen LogP contribution is 2.52. The zero-order valence-corrected chi connectivity index (χ0v) is 23.6. The number of anilines is 3. The molecule has 4 nitrogen and oxygen atoms in total. The van der Waals surface area contributed by atoms with Gasteiger partial charge in [-0.2, -0.15) is 0 Å². The number of hydrogen-bond acceptors (Lipinski definition) is 6. The van der Waals surface area contributed by atoms with E-state index in [0.29, 0.717) is 0 Å². The number of aromatic nitrogens is 2. The van der Waals surface area contributed by atoms with Crippen LogP contribution in [0.25, 0.3) is 41.6 Å². The van der Waals surface area contributed by atoms with E-state index in [-0.39, 0.29) is 0 Å². The minimum Gasteiger partial charge on any atom is -0.453 e. The van der Waals surface area contributed by atoms with Crippen LogP contribution in [0, 0.1) is 0 Å². The number of hydrogen-bond donors (Lipinski definition) is 0. The monoisotopic (exact) mass is 603 g/mol. The van der Waals surface area contributed by atoms with E-state index in [1.807, 2.05) is 24.3 Å². The van der Waals surface area contributed by atoms with Crippen LogP contribution >= 0.6 is 38.6 Å².